The molecule has 120 valence electrons. The van der Waals surface area contributed by atoms with E-state index in [1.54, 1.807) is 0 Å². The van der Waals surface area contributed by atoms with Crippen molar-refractivity contribution in [3.63, 3.8) is 0 Å². The third kappa shape index (κ3) is 6.14. The summed E-state index contributed by atoms with van der Waals surface area (Å²) in [4.78, 5) is 5.79. The maximum absolute atomic E-state index is 4.36. The highest BCUT2D eigenvalue weighted by Gasteiger charge is 2.19. The highest BCUT2D eigenvalue weighted by Crippen LogP contribution is 2.23. The van der Waals surface area contributed by atoms with E-state index >= 15 is 0 Å². The molecular weight excluding hydrogens is 393 g/mol. The number of nitrogens with one attached hydrogen (secondary N) is 2. The number of guanidine groups is 1. The minimum Gasteiger partial charge on any atom is -0.356 e. The summed E-state index contributed by atoms with van der Waals surface area (Å²) >= 11 is 1.83. The lowest BCUT2D eigenvalue weighted by atomic mass is 9.87. The van der Waals surface area contributed by atoms with Crippen LogP contribution >= 0.6 is 35.3 Å². The second-order valence-electron chi connectivity index (χ2n) is 5.98. The molecule has 1 fully saturated rings. The average molecular weight is 421 g/mol. The van der Waals surface area contributed by atoms with Crippen LogP contribution in [-0.4, -0.2) is 25.6 Å². The summed E-state index contributed by atoms with van der Waals surface area (Å²) in [7, 11) is 1.86. The van der Waals surface area contributed by atoms with Crippen LogP contribution in [0.5, 0.6) is 0 Å². The van der Waals surface area contributed by atoms with Gasteiger partial charge in [-0.2, -0.15) is 0 Å². The number of thiophene rings is 1. The van der Waals surface area contributed by atoms with Gasteiger partial charge in [-0.15, -0.1) is 35.3 Å². The Hall–Kier alpha value is -0.300. The molecule has 5 heteroatoms. The van der Waals surface area contributed by atoms with Crippen LogP contribution in [0.15, 0.2) is 22.5 Å². The molecule has 0 radical (unpaired) electrons. The number of rotatable bonds is 4. The Labute approximate surface area is 150 Å². The van der Waals surface area contributed by atoms with Gasteiger partial charge in [-0.3, -0.25) is 4.99 Å². The second-order valence-corrected chi connectivity index (χ2v) is 6.96. The Bertz CT molecular complexity index is 419. The first kappa shape index (κ1) is 18.7. The molecule has 3 nitrogen and oxygen atoms in total. The summed E-state index contributed by atoms with van der Waals surface area (Å²) in [5, 5.41) is 9.19. The SMILES string of the molecule is CN=C(NCC(C)c1cccs1)NC1CCCC(C)C1.I. The van der Waals surface area contributed by atoms with Crippen molar-refractivity contribution >= 4 is 41.3 Å². The Morgan fingerprint density at radius 2 is 2.29 bits per heavy atom. The molecule has 3 unspecified atom stereocenters. The first-order valence-corrected chi connectivity index (χ1v) is 8.57. The Balaban J connectivity index is 0.00000220. The maximum atomic E-state index is 4.36. The van der Waals surface area contributed by atoms with Crippen LogP contribution in [0.2, 0.25) is 0 Å². The summed E-state index contributed by atoms with van der Waals surface area (Å²) in [5.74, 6) is 2.32. The van der Waals surface area contributed by atoms with E-state index in [9.17, 15) is 0 Å². The van der Waals surface area contributed by atoms with Gasteiger partial charge < -0.3 is 10.6 Å². The lowest BCUT2D eigenvalue weighted by Crippen LogP contribution is -2.45. The van der Waals surface area contributed by atoms with Crippen molar-refractivity contribution in [1.29, 1.82) is 0 Å². The summed E-state index contributed by atoms with van der Waals surface area (Å²) in [5.41, 5.74) is 0. The van der Waals surface area contributed by atoms with E-state index in [0.29, 0.717) is 12.0 Å². The number of aliphatic imine (C=N–C) groups is 1. The Kier molecular flexibility index (Phi) is 8.63. The van der Waals surface area contributed by atoms with Crippen LogP contribution in [0, 0.1) is 5.92 Å². The van der Waals surface area contributed by atoms with Crippen LogP contribution < -0.4 is 10.6 Å². The second kappa shape index (κ2) is 9.66. The Morgan fingerprint density at radius 3 is 2.90 bits per heavy atom. The van der Waals surface area contributed by atoms with Gasteiger partial charge in [0.15, 0.2) is 5.96 Å². The predicted molar refractivity (Wildman–Crippen MR) is 104 cm³/mol. The largest absolute Gasteiger partial charge is 0.356 e. The van der Waals surface area contributed by atoms with Gasteiger partial charge in [0, 0.05) is 30.4 Å². The first-order chi connectivity index (χ1) is 9.69. The molecule has 0 spiro atoms. The first-order valence-electron chi connectivity index (χ1n) is 7.69. The van der Waals surface area contributed by atoms with Gasteiger partial charge in [-0.1, -0.05) is 32.8 Å². The van der Waals surface area contributed by atoms with Crippen molar-refractivity contribution in [2.24, 2.45) is 10.9 Å². The van der Waals surface area contributed by atoms with Gasteiger partial charge in [0.1, 0.15) is 0 Å². The van der Waals surface area contributed by atoms with Crippen LogP contribution in [-0.2, 0) is 0 Å². The molecule has 0 amide bonds. The van der Waals surface area contributed by atoms with Crippen molar-refractivity contribution in [2.45, 2.75) is 51.5 Å². The van der Waals surface area contributed by atoms with Crippen molar-refractivity contribution in [3.05, 3.63) is 22.4 Å². The van der Waals surface area contributed by atoms with Gasteiger partial charge in [-0.05, 0) is 30.2 Å². The molecular formula is C16H28IN3S. The summed E-state index contributed by atoms with van der Waals surface area (Å²) < 4.78 is 0. The fourth-order valence-corrected chi connectivity index (χ4v) is 3.66. The monoisotopic (exact) mass is 421 g/mol. The van der Waals surface area contributed by atoms with Crippen molar-refractivity contribution in [2.75, 3.05) is 13.6 Å². The molecule has 0 aliphatic heterocycles. The average Bonchev–Trinajstić information content (AvgIpc) is 2.97. The molecule has 0 saturated heterocycles. The zero-order valence-electron chi connectivity index (χ0n) is 13.3. The normalized spacial score (nSPS) is 24.0. The quantitative estimate of drug-likeness (QED) is 0.434. The van der Waals surface area contributed by atoms with E-state index in [0.717, 1.165) is 18.4 Å². The topological polar surface area (TPSA) is 36.4 Å². The van der Waals surface area contributed by atoms with Crippen LogP contribution in [0.4, 0.5) is 0 Å². The highest BCUT2D eigenvalue weighted by atomic mass is 127. The van der Waals surface area contributed by atoms with Crippen LogP contribution in [0.3, 0.4) is 0 Å². The van der Waals surface area contributed by atoms with E-state index < -0.39 is 0 Å². The molecule has 2 rings (SSSR count). The molecule has 0 aromatic carbocycles. The maximum Gasteiger partial charge on any atom is 0.191 e. The number of nitrogens with zero attached hydrogens (tertiary/aromatic N) is 1. The van der Waals surface area contributed by atoms with Gasteiger partial charge in [-0.25, -0.2) is 0 Å². The van der Waals surface area contributed by atoms with E-state index in [2.05, 4.69) is 47.0 Å². The fourth-order valence-electron chi connectivity index (χ4n) is 2.88. The molecule has 21 heavy (non-hydrogen) atoms. The molecule has 1 saturated carbocycles. The third-order valence-corrected chi connectivity index (χ3v) is 5.21. The molecule has 1 heterocycles. The van der Waals surface area contributed by atoms with Gasteiger partial charge in [0.05, 0.1) is 0 Å². The minimum absolute atomic E-state index is 0. The lowest BCUT2D eigenvalue weighted by molar-refractivity contribution is 0.324. The number of hydrogen-bond acceptors (Lipinski definition) is 2. The third-order valence-electron chi connectivity index (χ3n) is 4.11. The molecule has 1 aromatic heterocycles. The molecule has 2 N–H and O–H groups in total. The standard InChI is InChI=1S/C16H27N3S.HI/c1-12-6-4-7-14(10-12)19-16(17-3)18-11-13(2)15-8-5-9-20-15;/h5,8-9,12-14H,4,6-7,10-11H2,1-3H3,(H2,17,18,19);1H. The van der Waals surface area contributed by atoms with Gasteiger partial charge in [0.2, 0.25) is 0 Å². The summed E-state index contributed by atoms with van der Waals surface area (Å²) in [6.07, 6.45) is 5.24. The van der Waals surface area contributed by atoms with E-state index in [-0.39, 0.29) is 24.0 Å². The molecule has 1 aliphatic carbocycles. The fraction of sp³-hybridized carbons (Fsp3) is 0.688. The van der Waals surface area contributed by atoms with E-state index in [1.165, 1.54) is 30.6 Å². The Morgan fingerprint density at radius 1 is 1.48 bits per heavy atom. The van der Waals surface area contributed by atoms with Crippen molar-refractivity contribution in [3.8, 4) is 0 Å². The summed E-state index contributed by atoms with van der Waals surface area (Å²) in [6, 6.07) is 4.91. The molecule has 3 atom stereocenters. The molecule has 1 aromatic rings. The van der Waals surface area contributed by atoms with Gasteiger partial charge in [0.25, 0.3) is 0 Å². The lowest BCUT2D eigenvalue weighted by Gasteiger charge is -2.29. The van der Waals surface area contributed by atoms with Gasteiger partial charge >= 0.3 is 0 Å². The number of hydrogen-bond donors (Lipinski definition) is 2. The van der Waals surface area contributed by atoms with Crippen molar-refractivity contribution in [1.82, 2.24) is 10.6 Å². The van der Waals surface area contributed by atoms with Crippen LogP contribution in [0.25, 0.3) is 0 Å². The molecule has 1 aliphatic rings. The molecule has 0 bridgehead atoms. The minimum atomic E-state index is 0. The number of halogens is 1. The summed E-state index contributed by atoms with van der Waals surface area (Å²) in [6.45, 7) is 5.54. The van der Waals surface area contributed by atoms with E-state index in [4.69, 9.17) is 0 Å². The predicted octanol–water partition coefficient (Wildman–Crippen LogP) is 4.21. The zero-order chi connectivity index (χ0) is 14.4. The smallest absolute Gasteiger partial charge is 0.191 e. The van der Waals surface area contributed by atoms with Crippen LogP contribution in [0.1, 0.15) is 50.3 Å². The van der Waals surface area contributed by atoms with E-state index in [1.807, 2.05) is 18.4 Å². The van der Waals surface area contributed by atoms with Crippen molar-refractivity contribution < 1.29 is 0 Å². The highest BCUT2D eigenvalue weighted by molar-refractivity contribution is 14.0. The zero-order valence-corrected chi connectivity index (χ0v) is 16.4.